The minimum absolute atomic E-state index is 0.0468. The van der Waals surface area contributed by atoms with Crippen LogP contribution in [-0.4, -0.2) is 42.2 Å². The van der Waals surface area contributed by atoms with Gasteiger partial charge in [0.1, 0.15) is 12.8 Å². The Hall–Kier alpha value is -0.600. The van der Waals surface area contributed by atoms with Crippen molar-refractivity contribution in [1.29, 1.82) is 0 Å². The monoisotopic (exact) mass is 391 g/mol. The van der Waals surface area contributed by atoms with Gasteiger partial charge in [-0.25, -0.2) is 12.8 Å². The highest BCUT2D eigenvalue weighted by Gasteiger charge is 2.34. The normalized spacial score (nSPS) is 15.2. The fraction of sp³-hybridized carbons (Fsp3) is 0.417. The average Bonchev–Trinajstić information content (AvgIpc) is 2.41. The number of amides is 1. The maximum Gasteiger partial charge on any atom is 0.272 e. The van der Waals surface area contributed by atoms with E-state index in [-0.39, 0.29) is 10.5 Å². The van der Waals surface area contributed by atoms with Crippen LogP contribution in [-0.2, 0) is 14.6 Å². The molecule has 0 saturated carbocycles. The van der Waals surface area contributed by atoms with E-state index in [0.29, 0.717) is 0 Å². The van der Waals surface area contributed by atoms with Crippen LogP contribution < -0.4 is 5.32 Å². The highest BCUT2D eigenvalue weighted by molar-refractivity contribution is 7.90. The third kappa shape index (κ3) is 5.24. The van der Waals surface area contributed by atoms with Gasteiger partial charge in [-0.3, -0.25) is 4.79 Å². The predicted octanol–water partition coefficient (Wildman–Crippen LogP) is 1.95. The van der Waals surface area contributed by atoms with Gasteiger partial charge in [0.05, 0.1) is 10.9 Å². The Balaban J connectivity index is 2.93. The SMILES string of the molecule is CS(=O)(=O)c1ccc([C@@H](O)C(CF)NC(=O)C(Cl)(Cl)Cl)cc1. The molecule has 0 aliphatic carbocycles. The topological polar surface area (TPSA) is 83.5 Å². The van der Waals surface area contributed by atoms with Crippen molar-refractivity contribution in [1.82, 2.24) is 5.32 Å². The summed E-state index contributed by atoms with van der Waals surface area (Å²) in [7, 11) is -3.39. The van der Waals surface area contributed by atoms with Crippen molar-refractivity contribution < 1.29 is 22.7 Å². The first-order chi connectivity index (χ1) is 9.96. The summed E-state index contributed by atoms with van der Waals surface area (Å²) in [6.45, 7) is -1.11. The number of hydrogen-bond acceptors (Lipinski definition) is 4. The predicted molar refractivity (Wildman–Crippen MR) is 82.7 cm³/mol. The second kappa shape index (κ2) is 7.31. The Kier molecular flexibility index (Phi) is 6.46. The molecule has 0 aromatic heterocycles. The second-order valence-corrected chi connectivity index (χ2v) is 8.82. The summed E-state index contributed by atoms with van der Waals surface area (Å²) in [5.74, 6) is -1.08. The van der Waals surface area contributed by atoms with Crippen molar-refractivity contribution >= 4 is 50.5 Å². The molecule has 0 spiro atoms. The number of aliphatic hydroxyl groups excluding tert-OH is 1. The molecule has 0 saturated heterocycles. The minimum Gasteiger partial charge on any atom is -0.386 e. The van der Waals surface area contributed by atoms with Gasteiger partial charge in [0.25, 0.3) is 9.70 Å². The first kappa shape index (κ1) is 19.4. The lowest BCUT2D eigenvalue weighted by molar-refractivity contribution is -0.122. The smallest absolute Gasteiger partial charge is 0.272 e. The summed E-state index contributed by atoms with van der Waals surface area (Å²) in [4.78, 5) is 11.5. The molecule has 2 atom stereocenters. The molecule has 2 N–H and O–H groups in total. The third-order valence-corrected chi connectivity index (χ3v) is 4.41. The van der Waals surface area contributed by atoms with Crippen LogP contribution in [0.15, 0.2) is 29.2 Å². The lowest BCUT2D eigenvalue weighted by atomic mass is 10.0. The van der Waals surface area contributed by atoms with Gasteiger partial charge in [0.2, 0.25) is 0 Å². The van der Waals surface area contributed by atoms with E-state index in [0.717, 1.165) is 6.26 Å². The molecule has 0 heterocycles. The molecule has 1 aromatic carbocycles. The molecular formula is C12H13Cl3FNO4S. The van der Waals surface area contributed by atoms with E-state index in [1.807, 2.05) is 0 Å². The fourth-order valence-electron chi connectivity index (χ4n) is 1.60. The number of alkyl halides is 4. The van der Waals surface area contributed by atoms with Crippen molar-refractivity contribution in [2.75, 3.05) is 12.9 Å². The number of rotatable bonds is 5. The molecule has 1 unspecified atom stereocenters. The molecule has 124 valence electrons. The zero-order chi connectivity index (χ0) is 17.1. The van der Waals surface area contributed by atoms with Gasteiger partial charge in [-0.05, 0) is 17.7 Å². The van der Waals surface area contributed by atoms with Crippen molar-refractivity contribution in [2.45, 2.75) is 20.8 Å². The minimum atomic E-state index is -3.39. The lowest BCUT2D eigenvalue weighted by Gasteiger charge is -2.23. The first-order valence-corrected chi connectivity index (χ1v) is 8.91. The van der Waals surface area contributed by atoms with Crippen LogP contribution in [0.4, 0.5) is 4.39 Å². The molecule has 0 bridgehead atoms. The van der Waals surface area contributed by atoms with Gasteiger partial charge in [-0.15, -0.1) is 0 Å². The first-order valence-electron chi connectivity index (χ1n) is 5.88. The summed E-state index contributed by atoms with van der Waals surface area (Å²) in [6.07, 6.45) is -0.403. The molecule has 1 aromatic rings. The molecule has 5 nitrogen and oxygen atoms in total. The molecule has 10 heteroatoms. The fourth-order valence-corrected chi connectivity index (χ4v) is 2.39. The Bertz CT molecular complexity index is 631. The van der Waals surface area contributed by atoms with Crippen LogP contribution in [0.3, 0.4) is 0 Å². The number of hydrogen-bond donors (Lipinski definition) is 2. The number of aliphatic hydroxyl groups is 1. The molecule has 1 amide bonds. The van der Waals surface area contributed by atoms with E-state index >= 15 is 0 Å². The van der Waals surface area contributed by atoms with Gasteiger partial charge in [0, 0.05) is 6.26 Å². The largest absolute Gasteiger partial charge is 0.386 e. The quantitative estimate of drug-likeness (QED) is 0.750. The molecule has 1 rings (SSSR count). The number of benzene rings is 1. The van der Waals surface area contributed by atoms with Crippen molar-refractivity contribution in [3.63, 3.8) is 0 Å². The second-order valence-electron chi connectivity index (χ2n) is 4.52. The van der Waals surface area contributed by atoms with E-state index in [2.05, 4.69) is 5.32 Å². The standard InChI is InChI=1S/C12H13Cl3FNO4S/c1-22(20,21)8-4-2-7(3-5-8)10(18)9(6-16)17-11(19)12(13,14)15/h2-5,9-10,18H,6H2,1H3,(H,17,19)/t9?,10-/m1/s1. The molecule has 0 aliphatic rings. The van der Waals surface area contributed by atoms with Crippen molar-refractivity contribution in [3.05, 3.63) is 29.8 Å². The Morgan fingerprint density at radius 2 is 1.82 bits per heavy atom. The van der Waals surface area contributed by atoms with Crippen LogP contribution in [0.2, 0.25) is 0 Å². The van der Waals surface area contributed by atoms with Crippen LogP contribution in [0.5, 0.6) is 0 Å². The van der Waals surface area contributed by atoms with Crippen LogP contribution >= 0.6 is 34.8 Å². The summed E-state index contributed by atoms with van der Waals surface area (Å²) >= 11 is 16.1. The van der Waals surface area contributed by atoms with Crippen molar-refractivity contribution in [2.24, 2.45) is 0 Å². The van der Waals surface area contributed by atoms with E-state index in [1.165, 1.54) is 24.3 Å². The van der Waals surface area contributed by atoms with E-state index in [4.69, 9.17) is 34.8 Å². The summed E-state index contributed by atoms with van der Waals surface area (Å²) in [6, 6.07) is 3.81. The molecular weight excluding hydrogens is 380 g/mol. The van der Waals surface area contributed by atoms with Crippen LogP contribution in [0.1, 0.15) is 11.7 Å². The zero-order valence-corrected chi connectivity index (χ0v) is 14.3. The van der Waals surface area contributed by atoms with Gasteiger partial charge < -0.3 is 10.4 Å². The number of nitrogens with one attached hydrogen (secondary N) is 1. The Morgan fingerprint density at radius 1 is 1.32 bits per heavy atom. The average molecular weight is 393 g/mol. The Labute approximate surface area is 142 Å². The van der Waals surface area contributed by atoms with Gasteiger partial charge in [-0.1, -0.05) is 46.9 Å². The summed E-state index contributed by atoms with van der Waals surface area (Å²) in [5.41, 5.74) is 0.208. The zero-order valence-electron chi connectivity index (χ0n) is 11.3. The maximum absolute atomic E-state index is 13.0. The van der Waals surface area contributed by atoms with Gasteiger partial charge >= 0.3 is 0 Å². The summed E-state index contributed by atoms with van der Waals surface area (Å²) < 4.78 is 33.4. The van der Waals surface area contributed by atoms with Crippen molar-refractivity contribution in [3.8, 4) is 0 Å². The Morgan fingerprint density at radius 3 is 2.18 bits per heavy atom. The highest BCUT2D eigenvalue weighted by atomic mass is 35.6. The highest BCUT2D eigenvalue weighted by Crippen LogP contribution is 2.27. The molecule has 0 radical (unpaired) electrons. The number of halogens is 4. The van der Waals surface area contributed by atoms with E-state index in [1.54, 1.807) is 0 Å². The van der Waals surface area contributed by atoms with Gasteiger partial charge in [0.15, 0.2) is 9.84 Å². The third-order valence-electron chi connectivity index (χ3n) is 2.77. The van der Waals surface area contributed by atoms with E-state index in [9.17, 15) is 22.7 Å². The number of carbonyl (C=O) groups excluding carboxylic acids is 1. The lowest BCUT2D eigenvalue weighted by Crippen LogP contribution is -2.45. The molecule has 0 fully saturated rings. The van der Waals surface area contributed by atoms with Gasteiger partial charge in [-0.2, -0.15) is 0 Å². The summed E-state index contributed by atoms with van der Waals surface area (Å²) in [5, 5.41) is 12.1. The molecule has 22 heavy (non-hydrogen) atoms. The molecule has 0 aliphatic heterocycles. The maximum atomic E-state index is 13.0. The van der Waals surface area contributed by atoms with Crippen LogP contribution in [0, 0.1) is 0 Å². The van der Waals surface area contributed by atoms with Crippen LogP contribution in [0.25, 0.3) is 0 Å². The number of sulfone groups is 1. The number of carbonyl (C=O) groups is 1. The van der Waals surface area contributed by atoms with E-state index < -0.39 is 38.4 Å².